The number of urea groups is 1. The number of ether oxygens (including phenoxy) is 3. The Morgan fingerprint density at radius 2 is 1.78 bits per heavy atom. The number of benzene rings is 3. The van der Waals surface area contributed by atoms with Gasteiger partial charge in [0.1, 0.15) is 12.9 Å². The van der Waals surface area contributed by atoms with Crippen molar-refractivity contribution in [2.75, 3.05) is 18.9 Å². The van der Waals surface area contributed by atoms with E-state index >= 15 is 0 Å². The summed E-state index contributed by atoms with van der Waals surface area (Å²) in [6.45, 7) is 2.09. The summed E-state index contributed by atoms with van der Waals surface area (Å²) in [7, 11) is 1.92. The van der Waals surface area contributed by atoms with Gasteiger partial charge in [-0.1, -0.05) is 78.5 Å². The number of hydrogen-bond donors (Lipinski definition) is 3. The summed E-state index contributed by atoms with van der Waals surface area (Å²) in [6.07, 6.45) is 1.52. The zero-order valence-electron chi connectivity index (χ0n) is 25.2. The van der Waals surface area contributed by atoms with E-state index in [0.717, 1.165) is 38.5 Å². The van der Waals surface area contributed by atoms with E-state index in [2.05, 4.69) is 20.8 Å². The Bertz CT molecular complexity index is 1560. The fourth-order valence-corrected chi connectivity index (χ4v) is 5.80. The minimum Gasteiger partial charge on any atom is -0.465 e. The Labute approximate surface area is 266 Å². The number of amides is 2. The number of nitrogens with zero attached hydrogens (tertiary/aromatic N) is 3. The molecule has 12 heteroatoms. The Morgan fingerprint density at radius 1 is 1.00 bits per heavy atom. The lowest BCUT2D eigenvalue weighted by molar-refractivity contribution is -0.245. The van der Waals surface area contributed by atoms with Crippen LogP contribution in [0.15, 0.2) is 84.3 Å². The standard InChI is InChI=1S/C33H37N5O6S/c1-3-42-30(40)18-35-32(41)34-17-23-5-4-6-27(15-23)24-11-13-26(14-12-24)31-43-28(20-45-33-37-36-21-38(33)2)16-29(44-31)25-9-7-22(19-39)8-10-25/h4-15,21,28-29,31,39H,3,16-20H2,1-2H3,(H2,34,35,41). The monoisotopic (exact) mass is 631 g/mol. The van der Waals surface area contributed by atoms with Gasteiger partial charge in [0.2, 0.25) is 0 Å². The number of aliphatic hydroxyl groups excluding tert-OH is 1. The van der Waals surface area contributed by atoms with E-state index in [1.165, 1.54) is 0 Å². The van der Waals surface area contributed by atoms with Gasteiger partial charge in [0, 0.05) is 31.3 Å². The van der Waals surface area contributed by atoms with Crippen molar-refractivity contribution in [1.82, 2.24) is 25.4 Å². The summed E-state index contributed by atoms with van der Waals surface area (Å²) in [4.78, 5) is 23.5. The van der Waals surface area contributed by atoms with E-state index in [1.54, 1.807) is 25.0 Å². The lowest BCUT2D eigenvalue weighted by Crippen LogP contribution is -2.38. The molecule has 3 N–H and O–H groups in total. The number of hydrogen-bond acceptors (Lipinski definition) is 9. The van der Waals surface area contributed by atoms with Gasteiger partial charge in [0.15, 0.2) is 11.4 Å². The predicted molar refractivity (Wildman–Crippen MR) is 169 cm³/mol. The van der Waals surface area contributed by atoms with Crippen LogP contribution in [0.25, 0.3) is 11.1 Å². The molecule has 3 unspecified atom stereocenters. The van der Waals surface area contributed by atoms with Gasteiger partial charge in [0.25, 0.3) is 0 Å². The van der Waals surface area contributed by atoms with Gasteiger partial charge in [-0.25, -0.2) is 4.79 Å². The first-order valence-corrected chi connectivity index (χ1v) is 15.7. The first kappa shape index (κ1) is 32.2. The van der Waals surface area contributed by atoms with Crippen LogP contribution in [-0.2, 0) is 39.2 Å². The summed E-state index contributed by atoms with van der Waals surface area (Å²) >= 11 is 1.60. The number of esters is 1. The van der Waals surface area contributed by atoms with Crippen LogP contribution >= 0.6 is 11.8 Å². The van der Waals surface area contributed by atoms with Crippen molar-refractivity contribution >= 4 is 23.8 Å². The zero-order valence-corrected chi connectivity index (χ0v) is 26.0. The average molecular weight is 632 g/mol. The van der Waals surface area contributed by atoms with Crippen molar-refractivity contribution in [3.05, 3.63) is 101 Å². The first-order valence-electron chi connectivity index (χ1n) is 14.8. The predicted octanol–water partition coefficient (Wildman–Crippen LogP) is 4.67. The minimum atomic E-state index is -0.566. The van der Waals surface area contributed by atoms with Gasteiger partial charge in [-0.05, 0) is 40.8 Å². The number of rotatable bonds is 12. The molecule has 11 nitrogen and oxygen atoms in total. The van der Waals surface area contributed by atoms with Crippen LogP contribution in [-0.4, -0.2) is 56.9 Å². The van der Waals surface area contributed by atoms with Crippen LogP contribution in [0.1, 0.15) is 48.0 Å². The Kier molecular flexibility index (Phi) is 11.2. The van der Waals surface area contributed by atoms with E-state index in [0.29, 0.717) is 18.7 Å². The molecule has 0 radical (unpaired) electrons. The van der Waals surface area contributed by atoms with Gasteiger partial charge in [0.05, 0.1) is 25.4 Å². The highest BCUT2D eigenvalue weighted by Crippen LogP contribution is 2.39. The molecule has 4 aromatic rings. The van der Waals surface area contributed by atoms with Crippen LogP contribution in [0.5, 0.6) is 0 Å². The number of aryl methyl sites for hydroxylation is 1. The first-order chi connectivity index (χ1) is 21.9. The number of carbonyl (C=O) groups excluding carboxylic acids is 2. The van der Waals surface area contributed by atoms with Crippen molar-refractivity contribution in [1.29, 1.82) is 0 Å². The number of thioether (sulfide) groups is 1. The third kappa shape index (κ3) is 8.92. The summed E-state index contributed by atoms with van der Waals surface area (Å²) in [5.41, 5.74) is 5.71. The molecule has 3 aromatic carbocycles. The molecule has 0 spiro atoms. The van der Waals surface area contributed by atoms with Gasteiger partial charge in [-0.15, -0.1) is 10.2 Å². The van der Waals surface area contributed by atoms with E-state index in [1.807, 2.05) is 84.4 Å². The van der Waals surface area contributed by atoms with Gasteiger partial charge in [-0.3, -0.25) is 4.79 Å². The molecule has 45 heavy (non-hydrogen) atoms. The summed E-state index contributed by atoms with van der Waals surface area (Å²) in [5.74, 6) is 0.211. The average Bonchev–Trinajstić information content (AvgIpc) is 3.50. The van der Waals surface area contributed by atoms with Crippen molar-refractivity contribution in [3.8, 4) is 11.1 Å². The molecule has 1 saturated heterocycles. The highest BCUT2D eigenvalue weighted by molar-refractivity contribution is 7.99. The molecule has 236 valence electrons. The molecule has 1 aliphatic heterocycles. The molecular weight excluding hydrogens is 594 g/mol. The highest BCUT2D eigenvalue weighted by atomic mass is 32.2. The maximum absolute atomic E-state index is 12.1. The van der Waals surface area contributed by atoms with Gasteiger partial charge >= 0.3 is 12.0 Å². The second-order valence-electron chi connectivity index (χ2n) is 10.5. The topological polar surface area (TPSA) is 137 Å². The quantitative estimate of drug-likeness (QED) is 0.150. The van der Waals surface area contributed by atoms with Crippen LogP contribution in [0.3, 0.4) is 0 Å². The maximum atomic E-state index is 12.1. The van der Waals surface area contributed by atoms with Crippen molar-refractivity contribution < 1.29 is 28.9 Å². The molecule has 5 rings (SSSR count). The molecule has 3 atom stereocenters. The summed E-state index contributed by atoms with van der Waals surface area (Å²) < 4.78 is 19.7. The lowest BCUT2D eigenvalue weighted by atomic mass is 9.99. The molecule has 2 heterocycles. The Hall–Kier alpha value is -4.23. The van der Waals surface area contributed by atoms with Crippen LogP contribution in [0.2, 0.25) is 0 Å². The molecule has 1 aromatic heterocycles. The van der Waals surface area contributed by atoms with E-state index < -0.39 is 18.3 Å². The van der Waals surface area contributed by atoms with E-state index in [4.69, 9.17) is 14.2 Å². The largest absolute Gasteiger partial charge is 0.465 e. The fourth-order valence-electron chi connectivity index (χ4n) is 4.90. The Morgan fingerprint density at radius 3 is 2.49 bits per heavy atom. The van der Waals surface area contributed by atoms with Crippen LogP contribution in [0.4, 0.5) is 4.79 Å². The second kappa shape index (κ2) is 15.7. The summed E-state index contributed by atoms with van der Waals surface area (Å²) in [6, 6.07) is 23.4. The second-order valence-corrected chi connectivity index (χ2v) is 11.5. The molecule has 0 aliphatic carbocycles. The fraction of sp³-hybridized carbons (Fsp3) is 0.333. The molecule has 1 aliphatic rings. The number of nitrogens with one attached hydrogen (secondary N) is 2. The van der Waals surface area contributed by atoms with Crippen molar-refractivity contribution in [3.63, 3.8) is 0 Å². The molecular formula is C33H37N5O6S. The molecule has 1 fully saturated rings. The van der Waals surface area contributed by atoms with Gasteiger partial charge < -0.3 is 34.5 Å². The Balaban J connectivity index is 1.25. The van der Waals surface area contributed by atoms with Crippen LogP contribution < -0.4 is 10.6 Å². The third-order valence-corrected chi connectivity index (χ3v) is 8.44. The number of aromatic nitrogens is 3. The maximum Gasteiger partial charge on any atom is 0.325 e. The molecule has 2 amide bonds. The zero-order chi connectivity index (χ0) is 31.6. The lowest BCUT2D eigenvalue weighted by Gasteiger charge is -2.36. The SMILES string of the molecule is CCOC(=O)CNC(=O)NCc1cccc(-c2ccc(C3OC(CSc4nncn4C)CC(c4ccc(CO)cc4)O3)cc2)c1. The highest BCUT2D eigenvalue weighted by Gasteiger charge is 2.32. The number of carbonyl (C=O) groups is 2. The van der Waals surface area contributed by atoms with Crippen molar-refractivity contribution in [2.45, 2.75) is 50.2 Å². The van der Waals surface area contributed by atoms with Gasteiger partial charge in [-0.2, -0.15) is 0 Å². The third-order valence-electron chi connectivity index (χ3n) is 7.28. The molecule has 0 bridgehead atoms. The normalized spacial score (nSPS) is 17.9. The van der Waals surface area contributed by atoms with Crippen LogP contribution in [0, 0.1) is 0 Å². The van der Waals surface area contributed by atoms with E-state index in [9.17, 15) is 14.7 Å². The number of aliphatic hydroxyl groups is 1. The molecule has 0 saturated carbocycles. The minimum absolute atomic E-state index is 0.00721. The smallest absolute Gasteiger partial charge is 0.325 e. The summed E-state index contributed by atoms with van der Waals surface area (Å²) in [5, 5.41) is 23.7. The van der Waals surface area contributed by atoms with Crippen molar-refractivity contribution in [2.24, 2.45) is 7.05 Å². The van der Waals surface area contributed by atoms with E-state index in [-0.39, 0.29) is 32.0 Å².